The number of anilines is 1. The van der Waals surface area contributed by atoms with Gasteiger partial charge < -0.3 is 9.92 Å². The number of nitrogens with two attached hydrogens (primary N) is 1. The van der Waals surface area contributed by atoms with Gasteiger partial charge in [-0.25, -0.2) is 13.2 Å². The number of nitrogens with zero attached hydrogens (tertiary/aromatic N) is 1. The van der Waals surface area contributed by atoms with Crippen LogP contribution < -0.4 is 14.2 Å². The van der Waals surface area contributed by atoms with Crippen LogP contribution in [0.15, 0.2) is 82.6 Å². The Hall–Kier alpha value is -3.37. The lowest BCUT2D eigenvalue weighted by molar-refractivity contribution is 0.256. The number of sulfonamides is 1. The molecule has 2 N–H and O–H groups in total. The molecule has 0 radical (unpaired) electrons. The average molecular weight is 461 g/mol. The molecule has 162 valence electrons. The van der Waals surface area contributed by atoms with Crippen LogP contribution in [0, 0.1) is 13.8 Å². The lowest BCUT2D eigenvalue weighted by atomic mass is 10.2. The van der Waals surface area contributed by atoms with Crippen molar-refractivity contribution in [3.8, 4) is 5.75 Å². The first-order valence-electron chi connectivity index (χ1n) is 9.04. The number of carbonyl (C=O) groups is 1. The van der Waals surface area contributed by atoms with Crippen molar-refractivity contribution in [3.05, 3.63) is 83.9 Å². The fourth-order valence-electron chi connectivity index (χ4n) is 2.81. The highest BCUT2D eigenvalue weighted by Crippen LogP contribution is 2.34. The minimum Gasteiger partial charge on any atom is -0.377 e. The molecule has 0 saturated carbocycles. The van der Waals surface area contributed by atoms with Crippen molar-refractivity contribution in [3.63, 3.8) is 0 Å². The average Bonchev–Trinajstić information content (AvgIpc) is 2.69. The second-order valence-corrected chi connectivity index (χ2v) is 10.1. The SMILES string of the molecule is Cc1ccc(S(=O)(=O)N(C(N)=O)c2ccccc2OS(=O)(=O)c2cccc(C)c2)cc1. The molecule has 0 heterocycles. The van der Waals surface area contributed by atoms with Gasteiger partial charge in [0.15, 0.2) is 5.75 Å². The summed E-state index contributed by atoms with van der Waals surface area (Å²) in [4.78, 5) is 11.9. The second kappa shape index (κ2) is 8.40. The number of rotatable bonds is 6. The van der Waals surface area contributed by atoms with E-state index in [4.69, 9.17) is 9.92 Å². The number of para-hydroxylation sites is 2. The summed E-state index contributed by atoms with van der Waals surface area (Å²) in [5, 5.41) is 0. The van der Waals surface area contributed by atoms with Gasteiger partial charge in [-0.1, -0.05) is 42.0 Å². The van der Waals surface area contributed by atoms with E-state index in [9.17, 15) is 21.6 Å². The third kappa shape index (κ3) is 4.70. The van der Waals surface area contributed by atoms with Crippen molar-refractivity contribution in [1.82, 2.24) is 0 Å². The van der Waals surface area contributed by atoms with Crippen molar-refractivity contribution in [2.45, 2.75) is 23.6 Å². The van der Waals surface area contributed by atoms with Crippen LogP contribution in [0.2, 0.25) is 0 Å². The lowest BCUT2D eigenvalue weighted by Crippen LogP contribution is -2.41. The minimum absolute atomic E-state index is 0.116. The van der Waals surface area contributed by atoms with Gasteiger partial charge in [0.05, 0.1) is 4.90 Å². The summed E-state index contributed by atoms with van der Waals surface area (Å²) in [6, 6.07) is 15.8. The lowest BCUT2D eigenvalue weighted by Gasteiger charge is -2.22. The second-order valence-electron chi connectivity index (χ2n) is 6.74. The molecule has 0 fully saturated rings. The number of benzene rings is 3. The van der Waals surface area contributed by atoms with Gasteiger partial charge in [-0.2, -0.15) is 12.7 Å². The molecule has 0 aliphatic carbocycles. The van der Waals surface area contributed by atoms with Gasteiger partial charge >= 0.3 is 16.1 Å². The van der Waals surface area contributed by atoms with Crippen LogP contribution in [0.5, 0.6) is 5.75 Å². The van der Waals surface area contributed by atoms with Crippen LogP contribution in [0.1, 0.15) is 11.1 Å². The van der Waals surface area contributed by atoms with E-state index < -0.39 is 26.2 Å². The van der Waals surface area contributed by atoms with Gasteiger partial charge in [-0.15, -0.1) is 0 Å². The van der Waals surface area contributed by atoms with Gasteiger partial charge in [0.1, 0.15) is 10.6 Å². The molecule has 0 atom stereocenters. The first-order chi connectivity index (χ1) is 14.5. The highest BCUT2D eigenvalue weighted by Gasteiger charge is 2.33. The molecule has 31 heavy (non-hydrogen) atoms. The van der Waals surface area contributed by atoms with Gasteiger partial charge in [0.2, 0.25) is 0 Å². The van der Waals surface area contributed by atoms with Gasteiger partial charge in [0.25, 0.3) is 10.0 Å². The summed E-state index contributed by atoms with van der Waals surface area (Å²) in [7, 11) is -8.74. The molecule has 0 aromatic heterocycles. The predicted molar refractivity (Wildman–Crippen MR) is 116 cm³/mol. The third-order valence-corrected chi connectivity index (χ3v) is 7.28. The largest absolute Gasteiger partial charge is 0.377 e. The molecule has 0 saturated heterocycles. The van der Waals surface area contributed by atoms with Crippen LogP contribution >= 0.6 is 0 Å². The van der Waals surface area contributed by atoms with Crippen LogP contribution in [-0.2, 0) is 20.1 Å². The van der Waals surface area contributed by atoms with Crippen LogP contribution in [-0.4, -0.2) is 22.9 Å². The van der Waals surface area contributed by atoms with E-state index in [-0.39, 0.29) is 21.2 Å². The predicted octanol–water partition coefficient (Wildman–Crippen LogP) is 3.35. The molecular weight excluding hydrogens is 440 g/mol. The third-order valence-electron chi connectivity index (χ3n) is 4.32. The van der Waals surface area contributed by atoms with Crippen molar-refractivity contribution in [1.29, 1.82) is 0 Å². The van der Waals surface area contributed by atoms with Gasteiger partial charge in [-0.3, -0.25) is 0 Å². The van der Waals surface area contributed by atoms with Crippen LogP contribution in [0.4, 0.5) is 10.5 Å². The van der Waals surface area contributed by atoms with Crippen LogP contribution in [0.3, 0.4) is 0 Å². The van der Waals surface area contributed by atoms with Gasteiger partial charge in [-0.05, 0) is 55.8 Å². The smallest absolute Gasteiger partial charge is 0.339 e. The number of amides is 2. The number of urea groups is 1. The van der Waals surface area contributed by atoms with E-state index in [2.05, 4.69) is 0 Å². The number of hydrogen-bond donors (Lipinski definition) is 1. The molecule has 3 aromatic carbocycles. The Morgan fingerprint density at radius 3 is 2.06 bits per heavy atom. The molecule has 0 spiro atoms. The first-order valence-corrected chi connectivity index (χ1v) is 11.9. The maximum atomic E-state index is 13.1. The monoisotopic (exact) mass is 460 g/mol. The van der Waals surface area contributed by atoms with Crippen LogP contribution in [0.25, 0.3) is 0 Å². The molecule has 0 unspecified atom stereocenters. The summed E-state index contributed by atoms with van der Waals surface area (Å²) in [6.45, 7) is 3.50. The molecule has 0 aliphatic heterocycles. The molecular formula is C21H20N2O6S2. The van der Waals surface area contributed by atoms with E-state index in [0.717, 1.165) is 5.56 Å². The van der Waals surface area contributed by atoms with Crippen molar-refractivity contribution < 1.29 is 25.8 Å². The Bertz CT molecular complexity index is 1330. The zero-order chi connectivity index (χ0) is 22.8. The molecule has 8 nitrogen and oxygen atoms in total. The van der Waals surface area contributed by atoms with E-state index >= 15 is 0 Å². The summed E-state index contributed by atoms with van der Waals surface area (Å²) < 4.78 is 57.3. The molecule has 0 bridgehead atoms. The quantitative estimate of drug-likeness (QED) is 0.563. The summed E-state index contributed by atoms with van der Waals surface area (Å²) in [6.07, 6.45) is 0. The Kier molecular flexibility index (Phi) is 6.05. The normalized spacial score (nSPS) is 11.7. The molecule has 3 rings (SSSR count). The Morgan fingerprint density at radius 1 is 0.806 bits per heavy atom. The number of primary amides is 1. The number of aryl methyl sites for hydroxylation is 2. The minimum atomic E-state index is -4.44. The molecule has 2 amide bonds. The summed E-state index contributed by atoms with van der Waals surface area (Å²) in [5.41, 5.74) is 6.57. The number of carbonyl (C=O) groups excluding carboxylic acids is 1. The van der Waals surface area contributed by atoms with E-state index in [1.165, 1.54) is 48.5 Å². The van der Waals surface area contributed by atoms with Crippen molar-refractivity contribution in [2.24, 2.45) is 5.73 Å². The standard InChI is InChI=1S/C21H20N2O6S2/c1-15-10-12-17(13-11-15)30(25,26)23(21(22)24)19-8-3-4-9-20(19)29-31(27,28)18-7-5-6-16(2)14-18/h3-14H,1-2H3,(H2,22,24). The zero-order valence-corrected chi connectivity index (χ0v) is 18.4. The first kappa shape index (κ1) is 22.3. The molecule has 3 aromatic rings. The van der Waals surface area contributed by atoms with E-state index in [0.29, 0.717) is 9.87 Å². The Morgan fingerprint density at radius 2 is 1.45 bits per heavy atom. The molecule has 10 heteroatoms. The van der Waals surface area contributed by atoms with Crippen molar-refractivity contribution >= 4 is 31.9 Å². The van der Waals surface area contributed by atoms with E-state index in [1.807, 2.05) is 0 Å². The van der Waals surface area contributed by atoms with E-state index in [1.54, 1.807) is 38.1 Å². The maximum Gasteiger partial charge on any atom is 0.339 e. The van der Waals surface area contributed by atoms with Crippen molar-refractivity contribution in [2.75, 3.05) is 4.31 Å². The number of hydrogen-bond acceptors (Lipinski definition) is 6. The van der Waals surface area contributed by atoms with Gasteiger partial charge in [0, 0.05) is 0 Å². The molecule has 0 aliphatic rings. The summed E-state index contributed by atoms with van der Waals surface area (Å²) in [5.74, 6) is -0.363. The fraction of sp³-hybridized carbons (Fsp3) is 0.0952. The topological polar surface area (TPSA) is 124 Å². The summed E-state index contributed by atoms with van der Waals surface area (Å²) >= 11 is 0. The highest BCUT2D eigenvalue weighted by molar-refractivity contribution is 7.93. The highest BCUT2D eigenvalue weighted by atomic mass is 32.2. The Labute approximate surface area is 181 Å². The maximum absolute atomic E-state index is 13.1. The zero-order valence-electron chi connectivity index (χ0n) is 16.7. The fourth-order valence-corrected chi connectivity index (χ4v) is 5.20. The Balaban J connectivity index is 2.10.